The van der Waals surface area contributed by atoms with Gasteiger partial charge in [0.05, 0.1) is 6.61 Å². The lowest BCUT2D eigenvalue weighted by Gasteiger charge is -2.18. The fourth-order valence-corrected chi connectivity index (χ4v) is 1.60. The highest BCUT2D eigenvalue weighted by Crippen LogP contribution is 2.24. The lowest BCUT2D eigenvalue weighted by atomic mass is 9.88. The Labute approximate surface area is 80.4 Å². The third-order valence-electron chi connectivity index (χ3n) is 2.47. The predicted octanol–water partition coefficient (Wildman–Crippen LogP) is 2.73. The van der Waals surface area contributed by atoms with Gasteiger partial charge >= 0.3 is 0 Å². The van der Waals surface area contributed by atoms with E-state index in [4.69, 9.17) is 0 Å². The second-order valence-corrected chi connectivity index (χ2v) is 3.95. The normalized spacial score (nSPS) is 13.3. The number of hydrogen-bond donors (Lipinski definition) is 1. The zero-order valence-electron chi connectivity index (χ0n) is 8.62. The lowest BCUT2D eigenvalue weighted by molar-refractivity contribution is 0.237. The van der Waals surface area contributed by atoms with Gasteiger partial charge in [-0.3, -0.25) is 0 Å². The van der Waals surface area contributed by atoms with Gasteiger partial charge in [-0.1, -0.05) is 43.7 Å². The first-order valence-corrected chi connectivity index (χ1v) is 4.82. The minimum atomic E-state index is 0.237. The Hall–Kier alpha value is -0.820. The molecule has 0 spiro atoms. The van der Waals surface area contributed by atoms with Crippen LogP contribution < -0.4 is 0 Å². The standard InChI is InChI=1S/C12H18O/c1-9(2)12(8-13)11-6-4-5-10(3)7-11/h4-7,9,12-13H,8H2,1-3H3. The van der Waals surface area contributed by atoms with E-state index in [-0.39, 0.29) is 12.5 Å². The number of aliphatic hydroxyl groups is 1. The maximum atomic E-state index is 9.24. The Morgan fingerprint density at radius 3 is 2.46 bits per heavy atom. The van der Waals surface area contributed by atoms with Gasteiger partial charge in [0.15, 0.2) is 0 Å². The van der Waals surface area contributed by atoms with Gasteiger partial charge in [0, 0.05) is 5.92 Å². The molecule has 0 amide bonds. The van der Waals surface area contributed by atoms with Crippen molar-refractivity contribution in [3.05, 3.63) is 35.4 Å². The second kappa shape index (κ2) is 4.43. The van der Waals surface area contributed by atoms with Crippen molar-refractivity contribution in [1.82, 2.24) is 0 Å². The summed E-state index contributed by atoms with van der Waals surface area (Å²) in [5, 5.41) is 9.24. The molecule has 0 fully saturated rings. The summed E-state index contributed by atoms with van der Waals surface area (Å²) in [5.74, 6) is 0.770. The van der Waals surface area contributed by atoms with Crippen LogP contribution in [0.3, 0.4) is 0 Å². The molecule has 1 nitrogen and oxygen atoms in total. The van der Waals surface area contributed by atoms with Crippen LogP contribution in [0.5, 0.6) is 0 Å². The topological polar surface area (TPSA) is 20.2 Å². The average molecular weight is 178 g/mol. The van der Waals surface area contributed by atoms with Gasteiger partial charge in [-0.2, -0.15) is 0 Å². The summed E-state index contributed by atoms with van der Waals surface area (Å²) in [6, 6.07) is 8.38. The molecular formula is C12H18O. The SMILES string of the molecule is Cc1cccc(C(CO)C(C)C)c1. The van der Waals surface area contributed by atoms with Crippen molar-refractivity contribution >= 4 is 0 Å². The van der Waals surface area contributed by atoms with Gasteiger partial charge in [-0.15, -0.1) is 0 Å². The Bertz CT molecular complexity index is 266. The molecule has 0 saturated carbocycles. The van der Waals surface area contributed by atoms with Crippen LogP contribution in [0.15, 0.2) is 24.3 Å². The van der Waals surface area contributed by atoms with E-state index in [2.05, 4.69) is 45.0 Å². The molecule has 0 radical (unpaired) electrons. The van der Waals surface area contributed by atoms with Crippen molar-refractivity contribution in [3.63, 3.8) is 0 Å². The monoisotopic (exact) mass is 178 g/mol. The van der Waals surface area contributed by atoms with E-state index < -0.39 is 0 Å². The van der Waals surface area contributed by atoms with E-state index in [1.54, 1.807) is 0 Å². The van der Waals surface area contributed by atoms with Crippen LogP contribution in [0.1, 0.15) is 30.9 Å². The molecule has 1 heteroatoms. The highest BCUT2D eigenvalue weighted by Gasteiger charge is 2.13. The third kappa shape index (κ3) is 2.56. The third-order valence-corrected chi connectivity index (χ3v) is 2.47. The van der Waals surface area contributed by atoms with Crippen LogP contribution in [-0.2, 0) is 0 Å². The van der Waals surface area contributed by atoms with Gasteiger partial charge in [-0.25, -0.2) is 0 Å². The first kappa shape index (κ1) is 10.3. The van der Waals surface area contributed by atoms with E-state index in [0.717, 1.165) is 0 Å². The van der Waals surface area contributed by atoms with Gasteiger partial charge < -0.3 is 5.11 Å². The van der Waals surface area contributed by atoms with Gasteiger partial charge in [0.25, 0.3) is 0 Å². The summed E-state index contributed by atoms with van der Waals surface area (Å²) in [5.41, 5.74) is 2.51. The number of rotatable bonds is 3. The minimum Gasteiger partial charge on any atom is -0.396 e. The van der Waals surface area contributed by atoms with E-state index in [1.807, 2.05) is 0 Å². The molecule has 0 aliphatic heterocycles. The number of aryl methyl sites for hydroxylation is 1. The highest BCUT2D eigenvalue weighted by atomic mass is 16.3. The fourth-order valence-electron chi connectivity index (χ4n) is 1.60. The maximum Gasteiger partial charge on any atom is 0.0502 e. The summed E-state index contributed by atoms with van der Waals surface area (Å²) in [6.07, 6.45) is 0. The Morgan fingerprint density at radius 1 is 1.31 bits per heavy atom. The summed E-state index contributed by atoms with van der Waals surface area (Å²) >= 11 is 0. The molecule has 13 heavy (non-hydrogen) atoms. The number of aliphatic hydroxyl groups excluding tert-OH is 1. The van der Waals surface area contributed by atoms with Crippen LogP contribution >= 0.6 is 0 Å². The zero-order chi connectivity index (χ0) is 9.84. The summed E-state index contributed by atoms with van der Waals surface area (Å²) in [4.78, 5) is 0. The van der Waals surface area contributed by atoms with E-state index in [9.17, 15) is 5.11 Å². The van der Waals surface area contributed by atoms with E-state index in [0.29, 0.717) is 5.92 Å². The Kier molecular flexibility index (Phi) is 3.49. The first-order chi connectivity index (χ1) is 6.15. The van der Waals surface area contributed by atoms with Crippen LogP contribution in [0.4, 0.5) is 0 Å². The quantitative estimate of drug-likeness (QED) is 0.754. The van der Waals surface area contributed by atoms with Crippen LogP contribution in [0.2, 0.25) is 0 Å². The lowest BCUT2D eigenvalue weighted by Crippen LogP contribution is -2.11. The van der Waals surface area contributed by atoms with Crippen LogP contribution in [0.25, 0.3) is 0 Å². The van der Waals surface area contributed by atoms with Gasteiger partial charge in [-0.05, 0) is 18.4 Å². The van der Waals surface area contributed by atoms with Crippen molar-refractivity contribution in [2.75, 3.05) is 6.61 Å². The minimum absolute atomic E-state index is 0.237. The summed E-state index contributed by atoms with van der Waals surface area (Å²) in [6.45, 7) is 6.60. The smallest absolute Gasteiger partial charge is 0.0502 e. The molecule has 0 aliphatic carbocycles. The largest absolute Gasteiger partial charge is 0.396 e. The molecule has 0 saturated heterocycles. The molecule has 0 aromatic heterocycles. The Balaban J connectivity index is 2.91. The second-order valence-electron chi connectivity index (χ2n) is 3.95. The van der Waals surface area contributed by atoms with E-state index >= 15 is 0 Å². The molecule has 0 heterocycles. The Morgan fingerprint density at radius 2 is 2.00 bits per heavy atom. The molecule has 1 aromatic rings. The van der Waals surface area contributed by atoms with Crippen LogP contribution in [-0.4, -0.2) is 11.7 Å². The van der Waals surface area contributed by atoms with Crippen molar-refractivity contribution in [2.45, 2.75) is 26.7 Å². The molecule has 0 bridgehead atoms. The molecule has 1 N–H and O–H groups in total. The summed E-state index contributed by atoms with van der Waals surface area (Å²) < 4.78 is 0. The molecule has 72 valence electrons. The molecule has 1 unspecified atom stereocenters. The van der Waals surface area contributed by atoms with Gasteiger partial charge in [0.1, 0.15) is 0 Å². The van der Waals surface area contributed by atoms with Crippen molar-refractivity contribution < 1.29 is 5.11 Å². The molecule has 0 aliphatic rings. The zero-order valence-corrected chi connectivity index (χ0v) is 8.62. The predicted molar refractivity (Wildman–Crippen MR) is 55.8 cm³/mol. The summed E-state index contributed by atoms with van der Waals surface area (Å²) in [7, 11) is 0. The first-order valence-electron chi connectivity index (χ1n) is 4.82. The number of benzene rings is 1. The molecule has 1 rings (SSSR count). The van der Waals surface area contributed by atoms with Gasteiger partial charge in [0.2, 0.25) is 0 Å². The van der Waals surface area contributed by atoms with Crippen molar-refractivity contribution in [3.8, 4) is 0 Å². The van der Waals surface area contributed by atoms with Crippen molar-refractivity contribution in [2.24, 2.45) is 5.92 Å². The average Bonchev–Trinajstić information content (AvgIpc) is 2.04. The van der Waals surface area contributed by atoms with E-state index in [1.165, 1.54) is 11.1 Å². The molecular weight excluding hydrogens is 160 g/mol. The van der Waals surface area contributed by atoms with Crippen molar-refractivity contribution in [1.29, 1.82) is 0 Å². The fraction of sp³-hybridized carbons (Fsp3) is 0.500. The van der Waals surface area contributed by atoms with Crippen LogP contribution in [0, 0.1) is 12.8 Å². The maximum absolute atomic E-state index is 9.24. The molecule has 1 atom stereocenters. The molecule has 1 aromatic carbocycles. The highest BCUT2D eigenvalue weighted by molar-refractivity contribution is 5.25. The number of hydrogen-bond acceptors (Lipinski definition) is 1.